The Bertz CT molecular complexity index is 508. The molecule has 0 fully saturated rings. The van der Waals surface area contributed by atoms with Gasteiger partial charge in [0, 0.05) is 37.1 Å². The van der Waals surface area contributed by atoms with Gasteiger partial charge in [-0.15, -0.1) is 22.9 Å². The van der Waals surface area contributed by atoms with Crippen LogP contribution in [0.1, 0.15) is 9.75 Å². The molecule has 1 aromatic heterocycles. The quantitative estimate of drug-likeness (QED) is 0.645. The van der Waals surface area contributed by atoms with E-state index in [-0.39, 0.29) is 0 Å². The second-order valence-electron chi connectivity index (χ2n) is 4.16. The van der Waals surface area contributed by atoms with Crippen LogP contribution in [-0.2, 0) is 25.4 Å². The van der Waals surface area contributed by atoms with Crippen molar-refractivity contribution in [1.82, 2.24) is 4.31 Å². The Hall–Kier alpha value is -0.180. The molecule has 0 saturated heterocycles. The van der Waals surface area contributed by atoms with Crippen molar-refractivity contribution in [1.29, 1.82) is 0 Å². The monoisotopic (exact) mass is 341 g/mol. The summed E-state index contributed by atoms with van der Waals surface area (Å²) in [5.41, 5.74) is 0. The third-order valence-corrected chi connectivity index (χ3v) is 6.41. The summed E-state index contributed by atoms with van der Waals surface area (Å²) in [5, 5.41) is 0. The molecule has 0 aliphatic rings. The standard InChI is InChI=1S/C12H20ClNO4S2/c1-10-12(8-11(9-13)19-10)20(15,16)14(4-6-17-2)5-7-18-3/h8H,4-7,9H2,1-3H3. The molecular formula is C12H20ClNO4S2. The lowest BCUT2D eigenvalue weighted by atomic mass is 10.4. The second kappa shape index (κ2) is 8.31. The second-order valence-corrected chi connectivity index (χ2v) is 7.67. The fourth-order valence-corrected chi connectivity index (χ4v) is 4.83. The number of thiophene rings is 1. The zero-order valence-electron chi connectivity index (χ0n) is 11.9. The van der Waals surface area contributed by atoms with Crippen molar-refractivity contribution < 1.29 is 17.9 Å². The van der Waals surface area contributed by atoms with Crippen molar-refractivity contribution >= 4 is 33.0 Å². The molecule has 5 nitrogen and oxygen atoms in total. The van der Waals surface area contributed by atoms with Gasteiger partial charge in [-0.05, 0) is 13.0 Å². The maximum absolute atomic E-state index is 12.7. The number of nitrogens with zero attached hydrogens (tertiary/aromatic N) is 1. The number of rotatable bonds is 9. The predicted molar refractivity (Wildman–Crippen MR) is 81.1 cm³/mol. The van der Waals surface area contributed by atoms with Crippen molar-refractivity contribution in [2.24, 2.45) is 0 Å². The summed E-state index contributed by atoms with van der Waals surface area (Å²) in [4.78, 5) is 1.92. The van der Waals surface area contributed by atoms with Crippen LogP contribution < -0.4 is 0 Å². The van der Waals surface area contributed by atoms with Crippen LogP contribution in [0.15, 0.2) is 11.0 Å². The van der Waals surface area contributed by atoms with Crippen LogP contribution in [0.5, 0.6) is 0 Å². The van der Waals surface area contributed by atoms with Crippen LogP contribution in [-0.4, -0.2) is 53.2 Å². The Morgan fingerprint density at radius 3 is 2.20 bits per heavy atom. The first-order chi connectivity index (χ1) is 9.47. The summed E-state index contributed by atoms with van der Waals surface area (Å²) >= 11 is 7.18. The number of aryl methyl sites for hydroxylation is 1. The molecule has 0 aromatic carbocycles. The zero-order chi connectivity index (χ0) is 15.2. The van der Waals surface area contributed by atoms with Gasteiger partial charge in [-0.25, -0.2) is 8.42 Å². The smallest absolute Gasteiger partial charge is 0.244 e. The molecule has 0 saturated carbocycles. The lowest BCUT2D eigenvalue weighted by Gasteiger charge is -2.21. The Morgan fingerprint density at radius 2 is 1.80 bits per heavy atom. The molecule has 1 rings (SSSR count). The van der Waals surface area contributed by atoms with Crippen LogP contribution in [0.2, 0.25) is 0 Å². The average Bonchev–Trinajstić information content (AvgIpc) is 2.80. The summed E-state index contributed by atoms with van der Waals surface area (Å²) in [7, 11) is -0.452. The average molecular weight is 342 g/mol. The highest BCUT2D eigenvalue weighted by atomic mass is 35.5. The SMILES string of the molecule is COCCN(CCOC)S(=O)(=O)c1cc(CCl)sc1C. The van der Waals surface area contributed by atoms with Gasteiger partial charge in [-0.1, -0.05) is 0 Å². The highest BCUT2D eigenvalue weighted by molar-refractivity contribution is 7.89. The molecule has 0 unspecified atom stereocenters. The topological polar surface area (TPSA) is 55.8 Å². The Kier molecular flexibility index (Phi) is 7.42. The van der Waals surface area contributed by atoms with Gasteiger partial charge >= 0.3 is 0 Å². The third-order valence-electron chi connectivity index (χ3n) is 2.76. The minimum absolute atomic E-state index is 0.299. The van der Waals surface area contributed by atoms with E-state index in [0.717, 1.165) is 9.75 Å². The van der Waals surface area contributed by atoms with Gasteiger partial charge in [0.05, 0.1) is 24.0 Å². The maximum Gasteiger partial charge on any atom is 0.244 e. The fraction of sp³-hybridized carbons (Fsp3) is 0.667. The Balaban J connectivity index is 3.03. The van der Waals surface area contributed by atoms with Gasteiger partial charge in [-0.3, -0.25) is 0 Å². The first-order valence-electron chi connectivity index (χ1n) is 6.10. The van der Waals surface area contributed by atoms with Crippen LogP contribution in [0.4, 0.5) is 0 Å². The molecule has 1 aromatic rings. The molecule has 0 aliphatic heterocycles. The van der Waals surface area contributed by atoms with Gasteiger partial charge in [0.15, 0.2) is 0 Å². The van der Waals surface area contributed by atoms with Gasteiger partial charge < -0.3 is 9.47 Å². The van der Waals surface area contributed by atoms with Crippen LogP contribution in [0.3, 0.4) is 0 Å². The molecule has 116 valence electrons. The summed E-state index contributed by atoms with van der Waals surface area (Å²) in [6, 6.07) is 1.65. The van der Waals surface area contributed by atoms with Crippen molar-refractivity contribution in [2.75, 3.05) is 40.5 Å². The van der Waals surface area contributed by atoms with Crippen molar-refractivity contribution in [3.8, 4) is 0 Å². The maximum atomic E-state index is 12.7. The molecule has 0 aliphatic carbocycles. The normalized spacial score (nSPS) is 12.2. The van der Waals surface area contributed by atoms with Crippen LogP contribution >= 0.6 is 22.9 Å². The number of methoxy groups -OCH3 is 2. The van der Waals surface area contributed by atoms with E-state index in [1.807, 2.05) is 0 Å². The summed E-state index contributed by atoms with van der Waals surface area (Å²) < 4.78 is 36.7. The lowest BCUT2D eigenvalue weighted by Crippen LogP contribution is -2.36. The predicted octanol–water partition coefficient (Wildman–Crippen LogP) is 2.08. The molecular weight excluding hydrogens is 322 g/mol. The minimum Gasteiger partial charge on any atom is -0.383 e. The van der Waals surface area contributed by atoms with Gasteiger partial charge in [0.25, 0.3) is 0 Å². The molecule has 1 heterocycles. The zero-order valence-corrected chi connectivity index (χ0v) is 14.3. The molecule has 20 heavy (non-hydrogen) atoms. The number of alkyl halides is 1. The number of halogens is 1. The van der Waals surface area contributed by atoms with E-state index >= 15 is 0 Å². The first kappa shape index (κ1) is 17.9. The Morgan fingerprint density at radius 1 is 1.25 bits per heavy atom. The molecule has 0 spiro atoms. The number of ether oxygens (including phenoxy) is 2. The van der Waals surface area contributed by atoms with Crippen molar-refractivity contribution in [3.63, 3.8) is 0 Å². The van der Waals surface area contributed by atoms with Crippen molar-refractivity contribution in [2.45, 2.75) is 17.7 Å². The summed E-state index contributed by atoms with van der Waals surface area (Å²) in [6.45, 7) is 3.07. The number of sulfonamides is 1. The van der Waals surface area contributed by atoms with Gasteiger partial charge in [0.1, 0.15) is 0 Å². The van der Waals surface area contributed by atoms with E-state index in [0.29, 0.717) is 37.1 Å². The molecule has 0 amide bonds. The van der Waals surface area contributed by atoms with Crippen LogP contribution in [0, 0.1) is 6.92 Å². The fourth-order valence-electron chi connectivity index (χ4n) is 1.72. The third kappa shape index (κ3) is 4.41. The van der Waals surface area contributed by atoms with E-state index in [1.165, 1.54) is 15.6 Å². The summed E-state index contributed by atoms with van der Waals surface area (Å²) in [5.74, 6) is 0.317. The molecule has 8 heteroatoms. The van der Waals surface area contributed by atoms with Crippen LogP contribution in [0.25, 0.3) is 0 Å². The molecule has 0 radical (unpaired) electrons. The summed E-state index contributed by atoms with van der Waals surface area (Å²) in [6.07, 6.45) is 0. The lowest BCUT2D eigenvalue weighted by molar-refractivity contribution is 0.150. The van der Waals surface area contributed by atoms with Gasteiger partial charge in [0.2, 0.25) is 10.0 Å². The van der Waals surface area contributed by atoms with E-state index in [4.69, 9.17) is 21.1 Å². The van der Waals surface area contributed by atoms with E-state index < -0.39 is 10.0 Å². The first-order valence-corrected chi connectivity index (χ1v) is 8.89. The highest BCUT2D eigenvalue weighted by Gasteiger charge is 2.27. The van der Waals surface area contributed by atoms with E-state index in [2.05, 4.69) is 0 Å². The van der Waals surface area contributed by atoms with E-state index in [9.17, 15) is 8.42 Å². The molecule has 0 N–H and O–H groups in total. The molecule has 0 atom stereocenters. The van der Waals surface area contributed by atoms with Crippen molar-refractivity contribution in [3.05, 3.63) is 15.8 Å². The number of hydrogen-bond donors (Lipinski definition) is 0. The van der Waals surface area contributed by atoms with Gasteiger partial charge in [-0.2, -0.15) is 4.31 Å². The Labute approximate surface area is 129 Å². The highest BCUT2D eigenvalue weighted by Crippen LogP contribution is 2.29. The molecule has 0 bridgehead atoms. The number of hydrogen-bond acceptors (Lipinski definition) is 5. The largest absolute Gasteiger partial charge is 0.383 e. The minimum atomic E-state index is -3.54. The van der Waals surface area contributed by atoms with E-state index in [1.54, 1.807) is 27.2 Å².